The minimum absolute atomic E-state index is 0.152. The Bertz CT molecular complexity index is 887. The first-order valence-electron chi connectivity index (χ1n) is 7.97. The number of aryl methyl sites for hydroxylation is 1. The molecule has 1 aliphatic rings. The quantitative estimate of drug-likeness (QED) is 0.741. The van der Waals surface area contributed by atoms with Gasteiger partial charge in [0, 0.05) is 19.3 Å². The molecule has 0 amide bonds. The maximum Gasteiger partial charge on any atom is 0.351 e. The second-order valence-corrected chi connectivity index (χ2v) is 6.08. The first kappa shape index (κ1) is 14.0. The number of fused-ring (bicyclic) bond motifs is 1. The van der Waals surface area contributed by atoms with Gasteiger partial charge in [0.2, 0.25) is 0 Å². The minimum Gasteiger partial charge on any atom is -0.356 e. The van der Waals surface area contributed by atoms with Gasteiger partial charge in [-0.15, -0.1) is 5.10 Å². The molecule has 0 aliphatic carbocycles. The van der Waals surface area contributed by atoms with Crippen LogP contribution in [0, 0.1) is 6.92 Å². The molecule has 0 saturated carbocycles. The van der Waals surface area contributed by atoms with Crippen molar-refractivity contribution in [2.24, 2.45) is 0 Å². The van der Waals surface area contributed by atoms with Crippen molar-refractivity contribution in [3.63, 3.8) is 0 Å². The predicted octanol–water partition coefficient (Wildman–Crippen LogP) is 1.85. The van der Waals surface area contributed by atoms with Gasteiger partial charge in [-0.3, -0.25) is 0 Å². The summed E-state index contributed by atoms with van der Waals surface area (Å²) in [5.41, 5.74) is 2.11. The highest BCUT2D eigenvalue weighted by Crippen LogP contribution is 2.17. The van der Waals surface area contributed by atoms with Gasteiger partial charge in [-0.2, -0.15) is 4.98 Å². The molecule has 6 nitrogen and oxygen atoms in total. The molecule has 0 bridgehead atoms. The maximum atomic E-state index is 12.4. The highest BCUT2D eigenvalue weighted by atomic mass is 16.2. The van der Waals surface area contributed by atoms with Gasteiger partial charge in [0.05, 0.1) is 6.54 Å². The Morgan fingerprint density at radius 1 is 1.09 bits per heavy atom. The third-order valence-electron chi connectivity index (χ3n) is 4.32. The third-order valence-corrected chi connectivity index (χ3v) is 4.32. The van der Waals surface area contributed by atoms with Crippen molar-refractivity contribution in [2.45, 2.75) is 26.3 Å². The number of benzene rings is 1. The molecule has 23 heavy (non-hydrogen) atoms. The molecule has 0 radical (unpaired) electrons. The fraction of sp³-hybridized carbons (Fsp3) is 0.353. The molecule has 1 aromatic carbocycles. The highest BCUT2D eigenvalue weighted by Gasteiger charge is 2.15. The molecule has 0 atom stereocenters. The van der Waals surface area contributed by atoms with Gasteiger partial charge < -0.3 is 4.90 Å². The van der Waals surface area contributed by atoms with Crippen LogP contribution < -0.4 is 10.6 Å². The van der Waals surface area contributed by atoms with Crippen LogP contribution in [0.2, 0.25) is 0 Å². The maximum absolute atomic E-state index is 12.4. The summed E-state index contributed by atoms with van der Waals surface area (Å²) in [7, 11) is 0. The van der Waals surface area contributed by atoms with E-state index in [2.05, 4.69) is 15.0 Å². The van der Waals surface area contributed by atoms with Gasteiger partial charge in [-0.25, -0.2) is 13.9 Å². The lowest BCUT2D eigenvalue weighted by molar-refractivity contribution is 0.658. The number of nitrogens with zero attached hydrogens (tertiary/aromatic N) is 5. The molecule has 118 valence electrons. The zero-order chi connectivity index (χ0) is 15.8. The summed E-state index contributed by atoms with van der Waals surface area (Å²) in [5, 5.41) is 4.39. The Labute approximate surface area is 134 Å². The van der Waals surface area contributed by atoms with Crippen LogP contribution in [0.3, 0.4) is 0 Å². The molecule has 0 unspecified atom stereocenters. The van der Waals surface area contributed by atoms with E-state index < -0.39 is 0 Å². The van der Waals surface area contributed by atoms with E-state index >= 15 is 0 Å². The minimum atomic E-state index is -0.152. The largest absolute Gasteiger partial charge is 0.356 e. The van der Waals surface area contributed by atoms with E-state index in [0.717, 1.165) is 24.5 Å². The Balaban J connectivity index is 1.68. The SMILES string of the molecule is Cc1ccc(Cn2nc3nc(N4CCCC4)ccn3c2=O)cc1. The molecule has 2 aromatic heterocycles. The van der Waals surface area contributed by atoms with Crippen molar-refractivity contribution in [2.75, 3.05) is 18.0 Å². The number of aromatic nitrogens is 4. The van der Waals surface area contributed by atoms with E-state index in [4.69, 9.17) is 0 Å². The normalized spacial score (nSPS) is 14.7. The lowest BCUT2D eigenvalue weighted by Crippen LogP contribution is -2.22. The molecule has 1 saturated heterocycles. The van der Waals surface area contributed by atoms with Crippen LogP contribution in [0.1, 0.15) is 24.0 Å². The number of anilines is 1. The van der Waals surface area contributed by atoms with E-state index in [0.29, 0.717) is 12.3 Å². The van der Waals surface area contributed by atoms with Crippen LogP contribution in [0.15, 0.2) is 41.3 Å². The van der Waals surface area contributed by atoms with E-state index in [1.165, 1.54) is 27.5 Å². The zero-order valence-electron chi connectivity index (χ0n) is 13.1. The summed E-state index contributed by atoms with van der Waals surface area (Å²) in [4.78, 5) is 19.2. The van der Waals surface area contributed by atoms with Gasteiger partial charge >= 0.3 is 5.69 Å². The molecule has 4 rings (SSSR count). The summed E-state index contributed by atoms with van der Waals surface area (Å²) < 4.78 is 2.98. The first-order valence-corrected chi connectivity index (χ1v) is 7.97. The van der Waals surface area contributed by atoms with Crippen molar-refractivity contribution in [1.29, 1.82) is 0 Å². The van der Waals surface area contributed by atoms with Gasteiger partial charge in [0.15, 0.2) is 0 Å². The van der Waals surface area contributed by atoms with Crippen molar-refractivity contribution < 1.29 is 0 Å². The van der Waals surface area contributed by atoms with Crippen molar-refractivity contribution in [3.8, 4) is 0 Å². The lowest BCUT2D eigenvalue weighted by Gasteiger charge is -2.15. The third kappa shape index (κ3) is 2.60. The fourth-order valence-corrected chi connectivity index (χ4v) is 2.99. The second-order valence-electron chi connectivity index (χ2n) is 6.08. The highest BCUT2D eigenvalue weighted by molar-refractivity contribution is 5.44. The summed E-state index contributed by atoms with van der Waals surface area (Å²) in [6, 6.07) is 10.0. The molecule has 1 fully saturated rings. The molecule has 1 aliphatic heterocycles. The standard InChI is InChI=1S/C17H19N5O/c1-13-4-6-14(7-5-13)12-22-17(23)21-11-8-15(18-16(21)19-22)20-9-2-3-10-20/h4-8,11H,2-3,9-10,12H2,1H3. The van der Waals surface area contributed by atoms with Gasteiger partial charge in [0.1, 0.15) is 5.82 Å². The summed E-state index contributed by atoms with van der Waals surface area (Å²) in [5.74, 6) is 1.37. The van der Waals surface area contributed by atoms with E-state index in [1.807, 2.05) is 37.3 Å². The average molecular weight is 309 g/mol. The molecule has 6 heteroatoms. The molecule has 0 N–H and O–H groups in total. The van der Waals surface area contributed by atoms with Crippen molar-refractivity contribution in [3.05, 3.63) is 58.1 Å². The number of hydrogen-bond donors (Lipinski definition) is 0. The van der Waals surface area contributed by atoms with Crippen LogP contribution in [-0.4, -0.2) is 32.3 Å². The van der Waals surface area contributed by atoms with Gasteiger partial charge in [-0.1, -0.05) is 29.8 Å². The molecule has 0 spiro atoms. The topological polar surface area (TPSA) is 55.4 Å². The summed E-state index contributed by atoms with van der Waals surface area (Å²) in [6.07, 6.45) is 4.17. The average Bonchev–Trinajstić information content (AvgIpc) is 3.19. The summed E-state index contributed by atoms with van der Waals surface area (Å²) >= 11 is 0. The van der Waals surface area contributed by atoms with Gasteiger partial charge in [0.25, 0.3) is 5.78 Å². The Morgan fingerprint density at radius 3 is 2.57 bits per heavy atom. The second kappa shape index (κ2) is 5.53. The first-order chi connectivity index (χ1) is 11.2. The molecular formula is C17H19N5O. The molecule has 3 heterocycles. The van der Waals surface area contributed by atoms with E-state index in [-0.39, 0.29) is 5.69 Å². The Morgan fingerprint density at radius 2 is 1.83 bits per heavy atom. The van der Waals surface area contributed by atoms with Crippen molar-refractivity contribution >= 4 is 11.6 Å². The van der Waals surface area contributed by atoms with Crippen LogP contribution in [0.5, 0.6) is 0 Å². The number of rotatable bonds is 3. The Kier molecular flexibility index (Phi) is 3.37. The smallest absolute Gasteiger partial charge is 0.351 e. The molecular weight excluding hydrogens is 290 g/mol. The van der Waals surface area contributed by atoms with Gasteiger partial charge in [-0.05, 0) is 31.4 Å². The van der Waals surface area contributed by atoms with Crippen LogP contribution in [0.4, 0.5) is 5.82 Å². The van der Waals surface area contributed by atoms with Crippen molar-refractivity contribution in [1.82, 2.24) is 19.2 Å². The van der Waals surface area contributed by atoms with Crippen LogP contribution in [0.25, 0.3) is 5.78 Å². The molecule has 3 aromatic rings. The van der Waals surface area contributed by atoms with E-state index in [9.17, 15) is 4.79 Å². The zero-order valence-corrected chi connectivity index (χ0v) is 13.1. The fourth-order valence-electron chi connectivity index (χ4n) is 2.99. The Hall–Kier alpha value is -2.63. The predicted molar refractivity (Wildman–Crippen MR) is 89.0 cm³/mol. The monoisotopic (exact) mass is 309 g/mol. The van der Waals surface area contributed by atoms with Crippen LogP contribution >= 0.6 is 0 Å². The lowest BCUT2D eigenvalue weighted by atomic mass is 10.1. The summed E-state index contributed by atoms with van der Waals surface area (Å²) in [6.45, 7) is 4.56. The van der Waals surface area contributed by atoms with E-state index in [1.54, 1.807) is 6.20 Å². The van der Waals surface area contributed by atoms with Crippen LogP contribution in [-0.2, 0) is 6.54 Å². The number of hydrogen-bond acceptors (Lipinski definition) is 4.